The van der Waals surface area contributed by atoms with E-state index in [9.17, 15) is 4.79 Å². The molecule has 6 nitrogen and oxygen atoms in total. The lowest BCUT2D eigenvalue weighted by atomic mass is 10.0. The van der Waals surface area contributed by atoms with Gasteiger partial charge in [0.05, 0.1) is 24.0 Å². The predicted molar refractivity (Wildman–Crippen MR) is 84.0 cm³/mol. The van der Waals surface area contributed by atoms with Gasteiger partial charge < -0.3 is 11.1 Å². The van der Waals surface area contributed by atoms with Crippen molar-refractivity contribution in [3.05, 3.63) is 18.5 Å². The number of carbonyl (C=O) groups excluding carboxylic acids is 1. The van der Waals surface area contributed by atoms with Crippen LogP contribution in [0.5, 0.6) is 0 Å². The van der Waals surface area contributed by atoms with Crippen LogP contribution in [-0.4, -0.2) is 27.2 Å². The molecule has 21 heavy (non-hydrogen) atoms. The highest BCUT2D eigenvalue weighted by atomic mass is 16.1. The summed E-state index contributed by atoms with van der Waals surface area (Å²) in [6.07, 6.45) is 5.17. The Balaban J connectivity index is 2.18. The van der Waals surface area contributed by atoms with Crippen LogP contribution in [-0.2, 0) is 4.79 Å². The molecule has 2 heterocycles. The Kier molecular flexibility index (Phi) is 4.90. The molecule has 2 aromatic heterocycles. The van der Waals surface area contributed by atoms with Gasteiger partial charge in [0.1, 0.15) is 0 Å². The molecule has 1 unspecified atom stereocenters. The van der Waals surface area contributed by atoms with Crippen LogP contribution in [0.4, 0.5) is 5.69 Å². The number of pyridine rings is 1. The normalized spacial score (nSPS) is 12.8. The minimum Gasteiger partial charge on any atom is -0.330 e. The van der Waals surface area contributed by atoms with E-state index < -0.39 is 0 Å². The molecule has 0 saturated carbocycles. The first-order valence-corrected chi connectivity index (χ1v) is 7.41. The minimum atomic E-state index is -0.149. The highest BCUT2D eigenvalue weighted by molar-refractivity contribution is 5.94. The van der Waals surface area contributed by atoms with Gasteiger partial charge in [0, 0.05) is 18.0 Å². The third-order valence-corrected chi connectivity index (χ3v) is 3.48. The van der Waals surface area contributed by atoms with Gasteiger partial charge in [-0.3, -0.25) is 4.79 Å². The number of hydrogen-bond acceptors (Lipinski definition) is 4. The zero-order valence-corrected chi connectivity index (χ0v) is 12.8. The molecular weight excluding hydrogens is 266 g/mol. The number of nitrogens with two attached hydrogens (primary N) is 1. The minimum absolute atomic E-state index is 0.0447. The number of rotatable bonds is 6. The lowest BCUT2D eigenvalue weighted by molar-refractivity contribution is -0.119. The quantitative estimate of drug-likeness (QED) is 0.854. The molecular formula is C15H23N5O. The summed E-state index contributed by atoms with van der Waals surface area (Å²) < 4.78 is 1.86. The Morgan fingerprint density at radius 3 is 2.81 bits per heavy atom. The SMILES string of the molecule is CCCC(CN)C(=O)Nc1cnc2c(cnn2C(C)C)c1. The zero-order chi connectivity index (χ0) is 15.4. The summed E-state index contributed by atoms with van der Waals surface area (Å²) in [5, 5.41) is 8.13. The second-order valence-electron chi connectivity index (χ2n) is 5.53. The predicted octanol–water partition coefficient (Wildman–Crippen LogP) is 2.33. The van der Waals surface area contributed by atoms with Crippen molar-refractivity contribution >= 4 is 22.6 Å². The molecule has 0 spiro atoms. The topological polar surface area (TPSA) is 85.8 Å². The maximum absolute atomic E-state index is 12.1. The maximum Gasteiger partial charge on any atom is 0.228 e. The van der Waals surface area contributed by atoms with E-state index in [1.165, 1.54) is 0 Å². The first kappa shape index (κ1) is 15.4. The molecule has 0 saturated heterocycles. The molecule has 114 valence electrons. The van der Waals surface area contributed by atoms with Gasteiger partial charge in [0.2, 0.25) is 5.91 Å². The molecule has 2 rings (SSSR count). The van der Waals surface area contributed by atoms with Crippen LogP contribution in [0.15, 0.2) is 18.5 Å². The van der Waals surface area contributed by atoms with Crippen molar-refractivity contribution in [2.45, 2.75) is 39.7 Å². The first-order chi connectivity index (χ1) is 10.1. The fraction of sp³-hybridized carbons (Fsp3) is 0.533. The second-order valence-corrected chi connectivity index (χ2v) is 5.53. The van der Waals surface area contributed by atoms with Crippen LogP contribution in [0.1, 0.15) is 39.7 Å². The number of hydrogen-bond donors (Lipinski definition) is 2. The average molecular weight is 289 g/mol. The van der Waals surface area contributed by atoms with E-state index in [1.54, 1.807) is 12.4 Å². The van der Waals surface area contributed by atoms with Crippen molar-refractivity contribution in [2.75, 3.05) is 11.9 Å². The van der Waals surface area contributed by atoms with Gasteiger partial charge in [-0.25, -0.2) is 9.67 Å². The van der Waals surface area contributed by atoms with Gasteiger partial charge in [0.25, 0.3) is 0 Å². The van der Waals surface area contributed by atoms with Gasteiger partial charge in [-0.2, -0.15) is 5.10 Å². The van der Waals surface area contributed by atoms with Crippen LogP contribution >= 0.6 is 0 Å². The Labute approximate surface area is 124 Å². The number of carbonyl (C=O) groups is 1. The molecule has 0 aliphatic heterocycles. The van der Waals surface area contributed by atoms with Crippen molar-refractivity contribution in [1.29, 1.82) is 0 Å². The lowest BCUT2D eigenvalue weighted by Crippen LogP contribution is -2.29. The molecule has 3 N–H and O–H groups in total. The fourth-order valence-corrected chi connectivity index (χ4v) is 2.34. The number of aromatic nitrogens is 3. The summed E-state index contributed by atoms with van der Waals surface area (Å²) in [5.41, 5.74) is 7.16. The summed E-state index contributed by atoms with van der Waals surface area (Å²) >= 11 is 0. The Hall–Kier alpha value is -1.95. The van der Waals surface area contributed by atoms with E-state index in [4.69, 9.17) is 5.73 Å². The number of fused-ring (bicyclic) bond motifs is 1. The van der Waals surface area contributed by atoms with Gasteiger partial charge in [-0.15, -0.1) is 0 Å². The first-order valence-electron chi connectivity index (χ1n) is 7.41. The lowest BCUT2D eigenvalue weighted by Gasteiger charge is -2.13. The molecule has 0 radical (unpaired) electrons. The standard InChI is InChI=1S/C15H23N5O/c1-4-5-11(7-16)15(21)19-13-6-12-8-18-20(10(2)3)14(12)17-9-13/h6,8-11H,4-5,7,16H2,1-3H3,(H,19,21). The summed E-state index contributed by atoms with van der Waals surface area (Å²) in [4.78, 5) is 16.5. The molecule has 1 atom stereocenters. The summed E-state index contributed by atoms with van der Waals surface area (Å²) in [7, 11) is 0. The highest BCUT2D eigenvalue weighted by Gasteiger charge is 2.16. The van der Waals surface area contributed by atoms with E-state index in [2.05, 4.69) is 29.2 Å². The number of anilines is 1. The molecule has 0 bridgehead atoms. The monoisotopic (exact) mass is 289 g/mol. The van der Waals surface area contributed by atoms with Gasteiger partial charge >= 0.3 is 0 Å². The fourth-order valence-electron chi connectivity index (χ4n) is 2.34. The van der Waals surface area contributed by atoms with Gasteiger partial charge in [-0.05, 0) is 26.3 Å². The molecule has 0 aromatic carbocycles. The van der Waals surface area contributed by atoms with Crippen LogP contribution < -0.4 is 11.1 Å². The molecule has 2 aromatic rings. The van der Waals surface area contributed by atoms with Crippen molar-refractivity contribution in [2.24, 2.45) is 11.7 Å². The second kappa shape index (κ2) is 6.67. The van der Waals surface area contributed by atoms with Crippen molar-refractivity contribution in [1.82, 2.24) is 14.8 Å². The van der Waals surface area contributed by atoms with Crippen molar-refractivity contribution in [3.63, 3.8) is 0 Å². The Morgan fingerprint density at radius 1 is 1.43 bits per heavy atom. The maximum atomic E-state index is 12.1. The van der Waals surface area contributed by atoms with Crippen molar-refractivity contribution < 1.29 is 4.79 Å². The van der Waals surface area contributed by atoms with Gasteiger partial charge in [-0.1, -0.05) is 13.3 Å². The Bertz CT molecular complexity index is 620. The number of nitrogens with zero attached hydrogens (tertiary/aromatic N) is 3. The number of amides is 1. The average Bonchev–Trinajstić information content (AvgIpc) is 2.87. The third-order valence-electron chi connectivity index (χ3n) is 3.48. The van der Waals surface area contributed by atoms with Crippen LogP contribution in [0.25, 0.3) is 11.0 Å². The van der Waals surface area contributed by atoms with E-state index in [-0.39, 0.29) is 17.9 Å². The smallest absolute Gasteiger partial charge is 0.228 e. The van der Waals surface area contributed by atoms with E-state index in [0.29, 0.717) is 12.2 Å². The van der Waals surface area contributed by atoms with Crippen LogP contribution in [0, 0.1) is 5.92 Å². The Morgan fingerprint density at radius 2 is 2.19 bits per heavy atom. The van der Waals surface area contributed by atoms with Crippen LogP contribution in [0.2, 0.25) is 0 Å². The highest BCUT2D eigenvalue weighted by Crippen LogP contribution is 2.19. The molecule has 0 aliphatic carbocycles. The molecule has 0 fully saturated rings. The van der Waals surface area contributed by atoms with E-state index >= 15 is 0 Å². The molecule has 1 amide bonds. The summed E-state index contributed by atoms with van der Waals surface area (Å²) in [6.45, 7) is 6.52. The molecule has 0 aliphatic rings. The van der Waals surface area contributed by atoms with Crippen LogP contribution in [0.3, 0.4) is 0 Å². The zero-order valence-electron chi connectivity index (χ0n) is 12.8. The number of nitrogens with one attached hydrogen (secondary N) is 1. The summed E-state index contributed by atoms with van der Waals surface area (Å²) in [6, 6.07) is 2.15. The largest absolute Gasteiger partial charge is 0.330 e. The van der Waals surface area contributed by atoms with Crippen molar-refractivity contribution in [3.8, 4) is 0 Å². The molecule has 6 heteroatoms. The van der Waals surface area contributed by atoms with E-state index in [0.717, 1.165) is 23.9 Å². The summed E-state index contributed by atoms with van der Waals surface area (Å²) in [5.74, 6) is -0.194. The van der Waals surface area contributed by atoms with Gasteiger partial charge in [0.15, 0.2) is 5.65 Å². The van der Waals surface area contributed by atoms with E-state index in [1.807, 2.05) is 17.7 Å². The third kappa shape index (κ3) is 3.39.